The lowest BCUT2D eigenvalue weighted by Crippen LogP contribution is -2.16. The first-order valence-corrected chi connectivity index (χ1v) is 10.2. The van der Waals surface area contributed by atoms with Gasteiger partial charge in [-0.2, -0.15) is 4.91 Å². The molecule has 1 N–H and O–H groups in total. The average Bonchev–Trinajstić information content (AvgIpc) is 3.13. The third-order valence-corrected chi connectivity index (χ3v) is 5.69. The first-order chi connectivity index (χ1) is 15.0. The number of benzene rings is 3. The number of aliphatic carboxylic acids is 1. The maximum absolute atomic E-state index is 13.1. The predicted molar refractivity (Wildman–Crippen MR) is 117 cm³/mol. The van der Waals surface area contributed by atoms with Gasteiger partial charge < -0.3 is 9.52 Å². The average molecular weight is 419 g/mol. The molecule has 158 valence electrons. The molecule has 3 aromatic carbocycles. The Bertz CT molecular complexity index is 1220. The number of hydrogen-bond donors (Lipinski definition) is 1. The van der Waals surface area contributed by atoms with Crippen LogP contribution in [0.5, 0.6) is 0 Å². The number of nitroso groups, excluding NO2 is 1. The summed E-state index contributed by atoms with van der Waals surface area (Å²) < 4.78 is 18.9. The van der Waals surface area contributed by atoms with Crippen molar-refractivity contribution in [2.24, 2.45) is 11.1 Å². The van der Waals surface area contributed by atoms with E-state index in [0.717, 1.165) is 21.9 Å². The lowest BCUT2D eigenvalue weighted by molar-refractivity contribution is -0.138. The highest BCUT2D eigenvalue weighted by Gasteiger charge is 2.27. The van der Waals surface area contributed by atoms with Gasteiger partial charge in [-0.3, -0.25) is 4.79 Å². The lowest BCUT2D eigenvalue weighted by atomic mass is 9.86. The maximum Gasteiger partial charge on any atom is 0.303 e. The Kier molecular flexibility index (Phi) is 6.07. The van der Waals surface area contributed by atoms with Gasteiger partial charge in [-0.1, -0.05) is 41.6 Å². The second-order valence-corrected chi connectivity index (χ2v) is 7.78. The van der Waals surface area contributed by atoms with Crippen LogP contribution in [0.4, 0.5) is 4.39 Å². The minimum absolute atomic E-state index is 0.149. The highest BCUT2D eigenvalue weighted by Crippen LogP contribution is 2.36. The van der Waals surface area contributed by atoms with Crippen LogP contribution in [-0.4, -0.2) is 11.1 Å². The van der Waals surface area contributed by atoms with Gasteiger partial charge in [-0.15, -0.1) is 0 Å². The molecule has 0 saturated heterocycles. The summed E-state index contributed by atoms with van der Waals surface area (Å²) in [7, 11) is 0. The quantitative estimate of drug-likeness (QED) is 0.308. The van der Waals surface area contributed by atoms with E-state index >= 15 is 0 Å². The van der Waals surface area contributed by atoms with Crippen LogP contribution < -0.4 is 0 Å². The van der Waals surface area contributed by atoms with Gasteiger partial charge in [0.1, 0.15) is 23.0 Å². The largest absolute Gasteiger partial charge is 0.481 e. The fourth-order valence-corrected chi connectivity index (χ4v) is 4.16. The van der Waals surface area contributed by atoms with Crippen molar-refractivity contribution in [3.05, 3.63) is 88.6 Å². The van der Waals surface area contributed by atoms with Crippen molar-refractivity contribution in [3.63, 3.8) is 0 Å². The minimum atomic E-state index is -0.963. The van der Waals surface area contributed by atoms with Crippen molar-refractivity contribution >= 4 is 27.9 Å². The monoisotopic (exact) mass is 419 g/mol. The molecule has 0 bridgehead atoms. The topological polar surface area (TPSA) is 79.9 Å². The number of hydrogen-bond acceptors (Lipinski definition) is 4. The molecule has 0 radical (unpaired) electrons. The molecule has 5 nitrogen and oxygen atoms in total. The number of carbonyl (C=O) groups is 1. The Labute approximate surface area is 178 Å². The van der Waals surface area contributed by atoms with Crippen LogP contribution >= 0.6 is 0 Å². The van der Waals surface area contributed by atoms with Crippen LogP contribution in [0.15, 0.2) is 76.3 Å². The van der Waals surface area contributed by atoms with Crippen molar-refractivity contribution in [1.29, 1.82) is 0 Å². The highest BCUT2D eigenvalue weighted by atomic mass is 19.1. The number of para-hydroxylation sites is 1. The molecule has 1 aromatic heterocycles. The molecule has 31 heavy (non-hydrogen) atoms. The summed E-state index contributed by atoms with van der Waals surface area (Å²) in [4.78, 5) is 23.3. The first kappa shape index (κ1) is 20.7. The molecule has 1 heterocycles. The summed E-state index contributed by atoms with van der Waals surface area (Å²) in [6.07, 6.45) is 1.72. The molecule has 0 amide bonds. The van der Waals surface area contributed by atoms with Gasteiger partial charge >= 0.3 is 5.97 Å². The zero-order valence-electron chi connectivity index (χ0n) is 16.8. The molecule has 0 spiro atoms. The Balaban J connectivity index is 1.58. The molecule has 4 aromatic rings. The van der Waals surface area contributed by atoms with Crippen molar-refractivity contribution in [2.75, 3.05) is 0 Å². The van der Waals surface area contributed by atoms with E-state index in [1.54, 1.807) is 24.3 Å². The van der Waals surface area contributed by atoms with Crippen molar-refractivity contribution in [1.82, 2.24) is 0 Å². The molecule has 2 atom stereocenters. The molecule has 6 heteroatoms. The number of rotatable bonds is 9. The van der Waals surface area contributed by atoms with Gasteiger partial charge in [-0.05, 0) is 66.6 Å². The SMILES string of the molecule is O=NC(c1ccc2oc3ccccc3c2c1)C(CCCc1ccc(F)cc1)CC(=O)O. The Hall–Kier alpha value is -3.54. The van der Waals surface area contributed by atoms with E-state index in [0.29, 0.717) is 30.4 Å². The number of carboxylic acids is 1. The van der Waals surface area contributed by atoms with E-state index in [4.69, 9.17) is 4.42 Å². The first-order valence-electron chi connectivity index (χ1n) is 10.2. The van der Waals surface area contributed by atoms with Gasteiger partial charge in [0.2, 0.25) is 0 Å². The normalized spacial score (nSPS) is 13.3. The number of carboxylic acid groups (broad SMARTS) is 1. The Morgan fingerprint density at radius 2 is 1.74 bits per heavy atom. The molecule has 0 aliphatic carbocycles. The number of halogens is 1. The molecular weight excluding hydrogens is 397 g/mol. The Morgan fingerprint density at radius 3 is 2.48 bits per heavy atom. The van der Waals surface area contributed by atoms with Gasteiger partial charge in [0.05, 0.1) is 6.42 Å². The van der Waals surface area contributed by atoms with Gasteiger partial charge in [0.15, 0.2) is 0 Å². The standard InChI is InChI=1S/C25H22FNO4/c26-19-11-8-16(9-12-19)4-3-5-17(15-24(28)29)25(27-30)18-10-13-23-21(14-18)20-6-1-2-7-22(20)31-23/h1-2,6-14,17,25H,3-5,15H2,(H,28,29). The number of fused-ring (bicyclic) bond motifs is 3. The highest BCUT2D eigenvalue weighted by molar-refractivity contribution is 6.05. The molecule has 0 aliphatic rings. The summed E-state index contributed by atoms with van der Waals surface area (Å²) in [5.41, 5.74) is 3.12. The second-order valence-electron chi connectivity index (χ2n) is 7.78. The maximum atomic E-state index is 13.1. The van der Waals surface area contributed by atoms with E-state index < -0.39 is 17.9 Å². The lowest BCUT2D eigenvalue weighted by Gasteiger charge is -2.21. The van der Waals surface area contributed by atoms with Crippen LogP contribution in [0.25, 0.3) is 21.9 Å². The van der Waals surface area contributed by atoms with Crippen LogP contribution in [-0.2, 0) is 11.2 Å². The predicted octanol–water partition coefficient (Wildman–Crippen LogP) is 6.65. The fraction of sp³-hybridized carbons (Fsp3) is 0.240. The zero-order chi connectivity index (χ0) is 21.8. The smallest absolute Gasteiger partial charge is 0.303 e. The van der Waals surface area contributed by atoms with Gasteiger partial charge in [-0.25, -0.2) is 4.39 Å². The third-order valence-electron chi connectivity index (χ3n) is 5.69. The number of nitrogens with zero attached hydrogens (tertiary/aromatic N) is 1. The summed E-state index contributed by atoms with van der Waals surface area (Å²) in [5, 5.41) is 14.5. The van der Waals surface area contributed by atoms with Crippen LogP contribution in [0, 0.1) is 16.6 Å². The van der Waals surface area contributed by atoms with E-state index in [1.165, 1.54) is 12.1 Å². The number of furan rings is 1. The molecule has 4 rings (SSSR count). The fourth-order valence-electron chi connectivity index (χ4n) is 4.16. The molecular formula is C25H22FNO4. The summed E-state index contributed by atoms with van der Waals surface area (Å²) in [6, 6.07) is 18.6. The molecule has 0 aliphatic heterocycles. The van der Waals surface area contributed by atoms with E-state index in [2.05, 4.69) is 5.18 Å². The minimum Gasteiger partial charge on any atom is -0.481 e. The van der Waals surface area contributed by atoms with E-state index in [9.17, 15) is 19.2 Å². The van der Waals surface area contributed by atoms with Crippen LogP contribution in [0.1, 0.15) is 36.4 Å². The van der Waals surface area contributed by atoms with E-state index in [-0.39, 0.29) is 12.2 Å². The summed E-state index contributed by atoms with van der Waals surface area (Å²) in [5.74, 6) is -1.69. The van der Waals surface area contributed by atoms with Gasteiger partial charge in [0.25, 0.3) is 0 Å². The van der Waals surface area contributed by atoms with Crippen LogP contribution in [0.3, 0.4) is 0 Å². The number of aryl methyl sites for hydroxylation is 1. The Morgan fingerprint density at radius 1 is 1.00 bits per heavy atom. The van der Waals surface area contributed by atoms with Crippen molar-refractivity contribution in [2.45, 2.75) is 31.7 Å². The van der Waals surface area contributed by atoms with E-state index in [1.807, 2.05) is 30.3 Å². The molecule has 0 saturated carbocycles. The van der Waals surface area contributed by atoms with Crippen molar-refractivity contribution in [3.8, 4) is 0 Å². The summed E-state index contributed by atoms with van der Waals surface area (Å²) in [6.45, 7) is 0. The zero-order valence-corrected chi connectivity index (χ0v) is 16.8. The summed E-state index contributed by atoms with van der Waals surface area (Å²) >= 11 is 0. The van der Waals surface area contributed by atoms with Gasteiger partial charge in [0, 0.05) is 10.8 Å². The van der Waals surface area contributed by atoms with Crippen molar-refractivity contribution < 1.29 is 18.7 Å². The second kappa shape index (κ2) is 9.08. The van der Waals surface area contributed by atoms with Crippen LogP contribution in [0.2, 0.25) is 0 Å². The third kappa shape index (κ3) is 4.63. The molecule has 0 fully saturated rings. The molecule has 2 unspecified atom stereocenters.